The molecule has 0 unspecified atom stereocenters. The van der Waals surface area contributed by atoms with Gasteiger partial charge in [-0.1, -0.05) is 24.3 Å². The molecule has 3 aromatic rings. The van der Waals surface area contributed by atoms with Crippen molar-refractivity contribution >= 4 is 5.97 Å². The summed E-state index contributed by atoms with van der Waals surface area (Å²) in [5.41, 5.74) is 3.97. The van der Waals surface area contributed by atoms with E-state index in [1.54, 1.807) is 12.1 Å². The van der Waals surface area contributed by atoms with Crippen LogP contribution in [-0.2, 0) is 11.3 Å². The number of hydrogen-bond donors (Lipinski definition) is 0. The van der Waals surface area contributed by atoms with Gasteiger partial charge in [-0.15, -0.1) is 0 Å². The summed E-state index contributed by atoms with van der Waals surface area (Å²) < 4.78 is 35.0. The van der Waals surface area contributed by atoms with Gasteiger partial charge in [0, 0.05) is 50.7 Å². The molecule has 238 valence electrons. The van der Waals surface area contributed by atoms with Crippen LogP contribution >= 0.6 is 0 Å². The fourth-order valence-electron chi connectivity index (χ4n) is 5.78. The molecule has 0 N–H and O–H groups in total. The van der Waals surface area contributed by atoms with Gasteiger partial charge in [0.2, 0.25) is 0 Å². The first-order valence-electron chi connectivity index (χ1n) is 15.8. The Bertz CT molecular complexity index is 1680. The van der Waals surface area contributed by atoms with Crippen molar-refractivity contribution in [3.05, 3.63) is 114 Å². The van der Waals surface area contributed by atoms with Crippen LogP contribution in [0.15, 0.2) is 91.3 Å². The number of fused-ring (bicyclic) bond motifs is 1. The number of hydrogen-bond acceptors (Lipinski definition) is 6. The molecular weight excluding hydrogens is 584 g/mol. The number of carbonyl (C=O) groups excluding carboxylic acids is 1. The van der Waals surface area contributed by atoms with Crippen LogP contribution in [-0.4, -0.2) is 63.0 Å². The monoisotopic (exact) mass is 623 g/mol. The van der Waals surface area contributed by atoms with Crippen LogP contribution in [0.25, 0.3) is 22.8 Å². The third kappa shape index (κ3) is 7.49. The van der Waals surface area contributed by atoms with Crippen LogP contribution in [0.5, 0.6) is 5.75 Å². The summed E-state index contributed by atoms with van der Waals surface area (Å²) in [4.78, 5) is 26.5. The van der Waals surface area contributed by atoms with Crippen LogP contribution < -0.4 is 4.74 Å². The van der Waals surface area contributed by atoms with E-state index >= 15 is 0 Å². The number of piperazine rings is 1. The van der Waals surface area contributed by atoms with E-state index in [2.05, 4.69) is 14.4 Å². The third-order valence-corrected chi connectivity index (χ3v) is 8.40. The fraction of sp³-hybridized carbons (Fsp3) is 0.324. The van der Waals surface area contributed by atoms with Gasteiger partial charge in [0.1, 0.15) is 23.1 Å². The molecule has 1 saturated heterocycles. The lowest BCUT2D eigenvalue weighted by molar-refractivity contribution is -0.143. The van der Waals surface area contributed by atoms with E-state index in [4.69, 9.17) is 14.7 Å². The van der Waals surface area contributed by atoms with Gasteiger partial charge >= 0.3 is 5.97 Å². The van der Waals surface area contributed by atoms with Crippen molar-refractivity contribution in [3.63, 3.8) is 0 Å². The van der Waals surface area contributed by atoms with Crippen molar-refractivity contribution in [1.29, 1.82) is 0 Å². The molecule has 3 aliphatic rings. The van der Waals surface area contributed by atoms with E-state index in [9.17, 15) is 13.6 Å². The number of halogens is 2. The molecule has 0 bridgehead atoms. The van der Waals surface area contributed by atoms with Crippen molar-refractivity contribution in [2.75, 3.05) is 32.7 Å². The predicted octanol–water partition coefficient (Wildman–Crippen LogP) is 7.08. The Kier molecular flexibility index (Phi) is 9.24. The number of carbonyl (C=O) groups is 1. The summed E-state index contributed by atoms with van der Waals surface area (Å²) in [6.07, 6.45) is 5.08. The summed E-state index contributed by atoms with van der Waals surface area (Å²) in [5.74, 6) is 0.334. The second-order valence-electron chi connectivity index (χ2n) is 12.9. The molecule has 3 aromatic carbocycles. The Morgan fingerprint density at radius 3 is 1.96 bits per heavy atom. The number of ether oxygens (including phenoxy) is 1. The van der Waals surface area contributed by atoms with E-state index < -0.39 is 5.41 Å². The van der Waals surface area contributed by atoms with E-state index in [1.807, 2.05) is 75.6 Å². The molecular formula is C37H39F2N5O2. The minimum atomic E-state index is -0.572. The third-order valence-electron chi connectivity index (χ3n) is 8.40. The summed E-state index contributed by atoms with van der Waals surface area (Å²) in [6.45, 7) is 10.9. The quantitative estimate of drug-likeness (QED) is 0.129. The smallest absolute Gasteiger partial charge is 0.316 e. The van der Waals surface area contributed by atoms with Gasteiger partial charge in [0.15, 0.2) is 5.82 Å². The number of benzene rings is 3. The van der Waals surface area contributed by atoms with Gasteiger partial charge in [-0.3, -0.25) is 9.69 Å². The predicted molar refractivity (Wildman–Crippen MR) is 174 cm³/mol. The molecule has 1 fully saturated rings. The highest BCUT2D eigenvalue weighted by Gasteiger charge is 2.27. The van der Waals surface area contributed by atoms with Crippen LogP contribution in [0.2, 0.25) is 0 Å². The fourth-order valence-corrected chi connectivity index (χ4v) is 5.78. The van der Waals surface area contributed by atoms with Gasteiger partial charge in [-0.2, -0.15) is 0 Å². The minimum Gasteiger partial charge on any atom is -0.426 e. The van der Waals surface area contributed by atoms with Crippen molar-refractivity contribution in [1.82, 2.24) is 24.3 Å². The highest BCUT2D eigenvalue weighted by atomic mass is 19.1. The highest BCUT2D eigenvalue weighted by Crippen LogP contribution is 2.31. The zero-order valence-electron chi connectivity index (χ0n) is 26.5. The maximum Gasteiger partial charge on any atom is 0.316 e. The summed E-state index contributed by atoms with van der Waals surface area (Å²) in [5, 5.41) is 0. The number of aromatic nitrogens is 3. The molecule has 9 heteroatoms. The maximum absolute atomic E-state index is 13.7. The normalized spacial score (nSPS) is 14.7. The number of imidazole rings is 1. The van der Waals surface area contributed by atoms with Crippen molar-refractivity contribution < 1.29 is 18.3 Å². The number of nitrogens with zero attached hydrogens (tertiary/aromatic N) is 5. The van der Waals surface area contributed by atoms with Crippen LogP contribution in [0.3, 0.4) is 0 Å². The largest absolute Gasteiger partial charge is 0.426 e. The highest BCUT2D eigenvalue weighted by molar-refractivity contribution is 5.78. The molecule has 7 nitrogen and oxygen atoms in total. The van der Waals surface area contributed by atoms with Crippen molar-refractivity contribution in [2.24, 2.45) is 5.41 Å². The summed E-state index contributed by atoms with van der Waals surface area (Å²) >= 11 is 0. The lowest BCUT2D eigenvalue weighted by Gasteiger charge is -2.40. The molecule has 0 atom stereocenters. The zero-order chi connectivity index (χ0) is 32.3. The molecule has 46 heavy (non-hydrogen) atoms. The Morgan fingerprint density at radius 2 is 1.37 bits per heavy atom. The first-order valence-corrected chi connectivity index (χ1v) is 15.8. The topological polar surface area (TPSA) is 63.5 Å². The van der Waals surface area contributed by atoms with Gasteiger partial charge in [-0.05, 0) is 99.5 Å². The zero-order valence-corrected chi connectivity index (χ0v) is 26.5. The molecule has 0 saturated carbocycles. The number of pyridine rings is 1. The Balaban J connectivity index is 1.03. The van der Waals surface area contributed by atoms with Gasteiger partial charge < -0.3 is 14.2 Å². The minimum absolute atomic E-state index is 0.0508. The second-order valence-corrected chi connectivity index (χ2v) is 12.9. The second kappa shape index (κ2) is 13.5. The average Bonchev–Trinajstić information content (AvgIpc) is 3.47. The number of esters is 1. The van der Waals surface area contributed by atoms with Crippen LogP contribution in [0, 0.1) is 17.0 Å². The van der Waals surface area contributed by atoms with E-state index in [0.717, 1.165) is 73.8 Å². The van der Waals surface area contributed by atoms with Crippen molar-refractivity contribution in [3.8, 4) is 28.5 Å². The SMILES string of the molecule is CC(C)(C)C(=O)Oc1ccc(-c2nc3ccn(CCCN4CCN(C(c5ccc(F)cc5)c5ccc(F)cc5)CC4)cc-3n2)cc1. The Morgan fingerprint density at radius 1 is 0.783 bits per heavy atom. The standard InChI is InChI=1S/C37H39F2N5O2/c1-37(2,3)36(45)46-31-15-9-28(10-16-31)35-40-32-17-20-43(25-33(32)41-35)19-4-18-42-21-23-44(24-22-42)34(26-5-11-29(38)12-6-26)27-7-13-30(39)14-8-27/h5-17,20,25,34H,4,18-19,21-24H2,1-3H3. The molecule has 6 rings (SSSR count). The Labute approximate surface area is 268 Å². The first kappa shape index (κ1) is 31.5. The molecule has 0 aromatic heterocycles. The maximum atomic E-state index is 13.7. The molecule has 0 radical (unpaired) electrons. The molecule has 3 heterocycles. The van der Waals surface area contributed by atoms with E-state index in [-0.39, 0.29) is 23.6 Å². The van der Waals surface area contributed by atoms with Gasteiger partial charge in [-0.25, -0.2) is 18.7 Å². The summed E-state index contributed by atoms with van der Waals surface area (Å²) in [6, 6.07) is 22.5. The lowest BCUT2D eigenvalue weighted by atomic mass is 9.96. The molecule has 3 aliphatic heterocycles. The van der Waals surface area contributed by atoms with E-state index in [0.29, 0.717) is 11.6 Å². The summed E-state index contributed by atoms with van der Waals surface area (Å²) in [7, 11) is 0. The van der Waals surface area contributed by atoms with Crippen molar-refractivity contribution in [2.45, 2.75) is 39.8 Å². The van der Waals surface area contributed by atoms with Crippen LogP contribution in [0.1, 0.15) is 44.4 Å². The molecule has 0 amide bonds. The average molecular weight is 624 g/mol. The molecule has 0 aliphatic carbocycles. The van der Waals surface area contributed by atoms with Crippen LogP contribution in [0.4, 0.5) is 8.78 Å². The first-order chi connectivity index (χ1) is 22.1. The number of aryl methyl sites for hydroxylation is 1. The Hall–Kier alpha value is -4.47. The van der Waals surface area contributed by atoms with Gasteiger partial charge in [0.05, 0.1) is 17.2 Å². The number of rotatable bonds is 9. The van der Waals surface area contributed by atoms with Gasteiger partial charge in [0.25, 0.3) is 0 Å². The lowest BCUT2D eigenvalue weighted by Crippen LogP contribution is -2.48. The molecule has 0 spiro atoms. The van der Waals surface area contributed by atoms with E-state index in [1.165, 1.54) is 24.3 Å².